The fraction of sp³-hybridized carbons (Fsp3) is 0.0714. The molecule has 2 aromatic rings. The average Bonchev–Trinajstić information content (AvgIpc) is 2.41. The Morgan fingerprint density at radius 2 is 1.85 bits per heavy atom. The Morgan fingerprint density at radius 1 is 1.15 bits per heavy atom. The standard InChI is InChI=1S/C14H11BrF2N2O/c15-11-6-10(2-4-13(11)17)19-7-9-5-8(14(18)20)1-3-12(9)16/h1-6,19H,7H2,(H2,18,20). The molecule has 0 aliphatic carbocycles. The molecule has 0 bridgehead atoms. The van der Waals surface area contributed by atoms with Crippen LogP contribution in [0.3, 0.4) is 0 Å². The van der Waals surface area contributed by atoms with Gasteiger partial charge in [0.1, 0.15) is 11.6 Å². The normalized spacial score (nSPS) is 10.3. The van der Waals surface area contributed by atoms with Crippen LogP contribution in [-0.2, 0) is 6.54 Å². The van der Waals surface area contributed by atoms with Crippen LogP contribution in [0.5, 0.6) is 0 Å². The highest BCUT2D eigenvalue weighted by Gasteiger charge is 2.07. The molecule has 0 saturated carbocycles. The Labute approximate surface area is 122 Å². The van der Waals surface area contributed by atoms with E-state index in [0.717, 1.165) is 0 Å². The molecule has 104 valence electrons. The number of benzene rings is 2. The lowest BCUT2D eigenvalue weighted by Crippen LogP contribution is -2.12. The first-order valence-electron chi connectivity index (χ1n) is 5.74. The number of rotatable bonds is 4. The number of carbonyl (C=O) groups excluding carboxylic acids is 1. The quantitative estimate of drug-likeness (QED) is 0.895. The molecule has 6 heteroatoms. The fourth-order valence-electron chi connectivity index (χ4n) is 1.67. The molecule has 2 aromatic carbocycles. The topological polar surface area (TPSA) is 55.1 Å². The summed E-state index contributed by atoms with van der Waals surface area (Å²) < 4.78 is 27.0. The van der Waals surface area contributed by atoms with E-state index in [2.05, 4.69) is 21.2 Å². The van der Waals surface area contributed by atoms with Gasteiger partial charge in [0.25, 0.3) is 0 Å². The summed E-state index contributed by atoms with van der Waals surface area (Å²) in [6.07, 6.45) is 0. The van der Waals surface area contributed by atoms with Crippen LogP contribution in [-0.4, -0.2) is 5.91 Å². The minimum absolute atomic E-state index is 0.158. The molecule has 0 heterocycles. The summed E-state index contributed by atoms with van der Waals surface area (Å²) in [4.78, 5) is 11.1. The summed E-state index contributed by atoms with van der Waals surface area (Å²) >= 11 is 3.07. The van der Waals surface area contributed by atoms with E-state index in [1.165, 1.54) is 30.3 Å². The lowest BCUT2D eigenvalue weighted by atomic mass is 10.1. The van der Waals surface area contributed by atoms with Crippen molar-refractivity contribution >= 4 is 27.5 Å². The van der Waals surface area contributed by atoms with Gasteiger partial charge in [0.2, 0.25) is 5.91 Å². The molecule has 3 nitrogen and oxygen atoms in total. The predicted molar refractivity (Wildman–Crippen MR) is 76.3 cm³/mol. The second-order valence-electron chi connectivity index (χ2n) is 4.15. The van der Waals surface area contributed by atoms with Crippen molar-refractivity contribution in [1.82, 2.24) is 0 Å². The number of nitrogens with one attached hydrogen (secondary N) is 1. The Balaban J connectivity index is 2.15. The van der Waals surface area contributed by atoms with Gasteiger partial charge in [-0.15, -0.1) is 0 Å². The molecule has 20 heavy (non-hydrogen) atoms. The summed E-state index contributed by atoms with van der Waals surface area (Å²) in [5.41, 5.74) is 6.32. The van der Waals surface area contributed by atoms with Crippen molar-refractivity contribution < 1.29 is 13.6 Å². The SMILES string of the molecule is NC(=O)c1ccc(F)c(CNc2ccc(F)c(Br)c2)c1. The van der Waals surface area contributed by atoms with E-state index in [1.54, 1.807) is 6.07 Å². The van der Waals surface area contributed by atoms with Gasteiger partial charge in [-0.05, 0) is 52.3 Å². The highest BCUT2D eigenvalue weighted by Crippen LogP contribution is 2.21. The maximum atomic E-state index is 13.6. The van der Waals surface area contributed by atoms with Crippen LogP contribution in [0.4, 0.5) is 14.5 Å². The van der Waals surface area contributed by atoms with Gasteiger partial charge in [-0.2, -0.15) is 0 Å². The second-order valence-corrected chi connectivity index (χ2v) is 5.01. The maximum Gasteiger partial charge on any atom is 0.248 e. The molecule has 0 fully saturated rings. The molecular formula is C14H11BrF2N2O. The lowest BCUT2D eigenvalue weighted by molar-refractivity contribution is 0.1000. The number of hydrogen-bond donors (Lipinski definition) is 2. The van der Waals surface area contributed by atoms with Crippen LogP contribution < -0.4 is 11.1 Å². The molecule has 0 aromatic heterocycles. The number of nitrogens with two attached hydrogens (primary N) is 1. The average molecular weight is 341 g/mol. The van der Waals surface area contributed by atoms with Gasteiger partial charge >= 0.3 is 0 Å². The van der Waals surface area contributed by atoms with Gasteiger partial charge in [0.15, 0.2) is 0 Å². The Morgan fingerprint density at radius 3 is 2.50 bits per heavy atom. The van der Waals surface area contributed by atoms with Gasteiger partial charge in [0, 0.05) is 23.4 Å². The number of amides is 1. The van der Waals surface area contributed by atoms with Crippen LogP contribution in [0, 0.1) is 11.6 Å². The third-order valence-electron chi connectivity index (χ3n) is 2.73. The van der Waals surface area contributed by atoms with Crippen molar-refractivity contribution in [2.45, 2.75) is 6.54 Å². The number of hydrogen-bond acceptors (Lipinski definition) is 2. The molecule has 2 rings (SSSR count). The lowest BCUT2D eigenvalue weighted by Gasteiger charge is -2.09. The van der Waals surface area contributed by atoms with E-state index in [1.807, 2.05) is 0 Å². The molecule has 0 atom stereocenters. The summed E-state index contributed by atoms with van der Waals surface area (Å²) in [5, 5.41) is 2.95. The predicted octanol–water partition coefficient (Wildman–Crippen LogP) is 3.44. The van der Waals surface area contributed by atoms with Gasteiger partial charge in [-0.1, -0.05) is 0 Å². The van der Waals surface area contributed by atoms with Crippen LogP contribution in [0.15, 0.2) is 40.9 Å². The smallest absolute Gasteiger partial charge is 0.248 e. The van der Waals surface area contributed by atoms with Crippen molar-refractivity contribution in [1.29, 1.82) is 0 Å². The molecule has 0 spiro atoms. The van der Waals surface area contributed by atoms with E-state index in [4.69, 9.17) is 5.73 Å². The monoisotopic (exact) mass is 340 g/mol. The van der Waals surface area contributed by atoms with Gasteiger partial charge in [0.05, 0.1) is 4.47 Å². The van der Waals surface area contributed by atoms with Crippen molar-refractivity contribution in [3.8, 4) is 0 Å². The van der Waals surface area contributed by atoms with Crippen molar-refractivity contribution in [2.75, 3.05) is 5.32 Å². The number of carbonyl (C=O) groups is 1. The zero-order valence-corrected chi connectivity index (χ0v) is 11.9. The molecule has 0 unspecified atom stereocenters. The molecule has 1 amide bonds. The maximum absolute atomic E-state index is 13.6. The third kappa shape index (κ3) is 3.33. The van der Waals surface area contributed by atoms with E-state index in [0.29, 0.717) is 15.7 Å². The van der Waals surface area contributed by atoms with Crippen molar-refractivity contribution in [2.24, 2.45) is 5.73 Å². The largest absolute Gasteiger partial charge is 0.381 e. The van der Waals surface area contributed by atoms with Crippen LogP contribution in [0.2, 0.25) is 0 Å². The highest BCUT2D eigenvalue weighted by molar-refractivity contribution is 9.10. The Hall–Kier alpha value is -1.95. The van der Waals surface area contributed by atoms with E-state index >= 15 is 0 Å². The van der Waals surface area contributed by atoms with Gasteiger partial charge in [-0.25, -0.2) is 8.78 Å². The third-order valence-corrected chi connectivity index (χ3v) is 3.34. The zero-order valence-electron chi connectivity index (χ0n) is 10.3. The molecule has 0 aliphatic rings. The summed E-state index contributed by atoms with van der Waals surface area (Å²) in [6, 6.07) is 8.29. The first-order chi connectivity index (χ1) is 9.47. The number of halogens is 3. The highest BCUT2D eigenvalue weighted by atomic mass is 79.9. The summed E-state index contributed by atoms with van der Waals surface area (Å²) in [5.74, 6) is -1.43. The van der Waals surface area contributed by atoms with E-state index in [9.17, 15) is 13.6 Å². The molecule has 0 saturated heterocycles. The first kappa shape index (κ1) is 14.5. The second kappa shape index (κ2) is 6.00. The van der Waals surface area contributed by atoms with E-state index in [-0.39, 0.29) is 17.9 Å². The van der Waals surface area contributed by atoms with Crippen molar-refractivity contribution in [3.63, 3.8) is 0 Å². The molecule has 0 aliphatic heterocycles. The van der Waals surface area contributed by atoms with Crippen LogP contribution in [0.1, 0.15) is 15.9 Å². The molecule has 3 N–H and O–H groups in total. The Bertz CT molecular complexity index is 662. The minimum atomic E-state index is -0.615. The first-order valence-corrected chi connectivity index (χ1v) is 6.54. The molecular weight excluding hydrogens is 330 g/mol. The van der Waals surface area contributed by atoms with Crippen LogP contribution in [0.25, 0.3) is 0 Å². The Kier molecular flexibility index (Phi) is 4.34. The van der Waals surface area contributed by atoms with Crippen LogP contribution >= 0.6 is 15.9 Å². The van der Waals surface area contributed by atoms with Crippen molar-refractivity contribution in [3.05, 3.63) is 63.6 Å². The number of primary amides is 1. The summed E-state index contributed by atoms with van der Waals surface area (Å²) in [6.45, 7) is 0.158. The van der Waals surface area contributed by atoms with Gasteiger partial charge in [-0.3, -0.25) is 4.79 Å². The number of anilines is 1. The molecule has 0 radical (unpaired) electrons. The fourth-order valence-corrected chi connectivity index (χ4v) is 2.05. The van der Waals surface area contributed by atoms with Gasteiger partial charge < -0.3 is 11.1 Å². The minimum Gasteiger partial charge on any atom is -0.381 e. The summed E-state index contributed by atoms with van der Waals surface area (Å²) in [7, 11) is 0. The van der Waals surface area contributed by atoms with E-state index < -0.39 is 11.7 Å². The zero-order chi connectivity index (χ0) is 14.7.